The second-order valence-electron chi connectivity index (χ2n) is 2.62. The van der Waals surface area contributed by atoms with Crippen molar-refractivity contribution in [2.75, 3.05) is 5.94 Å². The molecule has 0 unspecified atom stereocenters. The van der Waals surface area contributed by atoms with Crippen molar-refractivity contribution < 1.29 is 14.6 Å². The number of rotatable bonds is 3. The molecule has 0 saturated heterocycles. The number of carbonyl (C=O) groups is 1. The lowest BCUT2D eigenvalue weighted by Gasteiger charge is -1.95. The van der Waals surface area contributed by atoms with Gasteiger partial charge in [0, 0.05) is 0 Å². The summed E-state index contributed by atoms with van der Waals surface area (Å²) < 4.78 is 6.30. The molecule has 1 aromatic carbocycles. The number of nitrogens with zero attached hydrogens (tertiary/aromatic N) is 1. The van der Waals surface area contributed by atoms with Gasteiger partial charge < -0.3 is 9.84 Å². The Morgan fingerprint density at radius 2 is 2.33 bits per heavy atom. The van der Waals surface area contributed by atoms with Gasteiger partial charge in [-0.25, -0.2) is 9.78 Å². The predicted molar refractivity (Wildman–Crippen MR) is 59.5 cm³/mol. The maximum absolute atomic E-state index is 10.1. The highest BCUT2D eigenvalue weighted by molar-refractivity contribution is 8.01. The van der Waals surface area contributed by atoms with Gasteiger partial charge in [0.05, 0.1) is 10.2 Å². The minimum Gasteiger partial charge on any atom is -0.450 e. The van der Waals surface area contributed by atoms with Crippen molar-refractivity contribution in [2.24, 2.45) is 0 Å². The lowest BCUT2D eigenvalue weighted by atomic mass is 10.3. The fourth-order valence-electron chi connectivity index (χ4n) is 1.04. The average Bonchev–Trinajstić information content (AvgIpc) is 2.59. The number of thiazole rings is 1. The summed E-state index contributed by atoms with van der Waals surface area (Å²) >= 11 is 2.81. The molecule has 0 radical (unpaired) electrons. The molecule has 4 nitrogen and oxygen atoms in total. The molecule has 0 spiro atoms. The van der Waals surface area contributed by atoms with Crippen LogP contribution in [0.25, 0.3) is 10.2 Å². The maximum atomic E-state index is 10.1. The molecule has 2 aromatic rings. The summed E-state index contributed by atoms with van der Waals surface area (Å²) in [5.74, 6) is 0.0785. The molecule has 0 saturated carbocycles. The van der Waals surface area contributed by atoms with Crippen molar-refractivity contribution in [3.05, 3.63) is 24.3 Å². The fraction of sp³-hybridized carbons (Fsp3) is 0.111. The zero-order valence-corrected chi connectivity index (χ0v) is 9.18. The monoisotopic (exact) mass is 241 g/mol. The highest BCUT2D eigenvalue weighted by Crippen LogP contribution is 2.29. The van der Waals surface area contributed by atoms with Crippen molar-refractivity contribution in [3.8, 4) is 0 Å². The van der Waals surface area contributed by atoms with E-state index in [1.165, 1.54) is 23.1 Å². The predicted octanol–water partition coefficient (Wildman–Crippen LogP) is 3.04. The SMILES string of the molecule is O=C(O)OCSc1nc2ccccc2s1. The minimum absolute atomic E-state index is 0.0785. The Hall–Kier alpha value is -1.27. The molecule has 0 amide bonds. The second-order valence-corrected chi connectivity index (χ2v) is 4.82. The van der Waals surface area contributed by atoms with Crippen LogP contribution in [0.4, 0.5) is 4.79 Å². The summed E-state index contributed by atoms with van der Waals surface area (Å²) in [5.41, 5.74) is 0.931. The highest BCUT2D eigenvalue weighted by Gasteiger charge is 2.04. The van der Waals surface area contributed by atoms with Crippen LogP contribution in [0.3, 0.4) is 0 Å². The Bertz CT molecular complexity index is 450. The molecule has 78 valence electrons. The lowest BCUT2D eigenvalue weighted by Crippen LogP contribution is -1.98. The normalized spacial score (nSPS) is 10.4. The molecule has 2 rings (SSSR count). The van der Waals surface area contributed by atoms with Gasteiger partial charge in [-0.05, 0) is 12.1 Å². The number of fused-ring (bicyclic) bond motifs is 1. The van der Waals surface area contributed by atoms with Crippen molar-refractivity contribution in [2.45, 2.75) is 4.34 Å². The molecule has 1 N–H and O–H groups in total. The van der Waals surface area contributed by atoms with Crippen LogP contribution in [0.2, 0.25) is 0 Å². The Labute approximate surface area is 93.9 Å². The van der Waals surface area contributed by atoms with Gasteiger partial charge in [-0.2, -0.15) is 0 Å². The van der Waals surface area contributed by atoms with Gasteiger partial charge in [0.15, 0.2) is 4.34 Å². The molecule has 0 fully saturated rings. The van der Waals surface area contributed by atoms with E-state index in [2.05, 4.69) is 9.72 Å². The molecule has 0 bridgehead atoms. The molecule has 6 heteroatoms. The molecule has 0 aliphatic carbocycles. The van der Waals surface area contributed by atoms with Crippen LogP contribution in [0.5, 0.6) is 0 Å². The Balaban J connectivity index is 2.05. The van der Waals surface area contributed by atoms with Crippen molar-refractivity contribution in [3.63, 3.8) is 0 Å². The second kappa shape index (κ2) is 4.50. The van der Waals surface area contributed by atoms with Crippen LogP contribution in [-0.2, 0) is 4.74 Å². The van der Waals surface area contributed by atoms with Crippen LogP contribution in [0.15, 0.2) is 28.6 Å². The fourth-order valence-corrected chi connectivity index (χ4v) is 2.81. The third kappa shape index (κ3) is 2.60. The first kappa shape index (κ1) is 10.3. The van der Waals surface area contributed by atoms with Crippen molar-refractivity contribution in [1.29, 1.82) is 0 Å². The van der Waals surface area contributed by atoms with E-state index in [4.69, 9.17) is 5.11 Å². The number of hydrogen-bond acceptors (Lipinski definition) is 5. The summed E-state index contributed by atoms with van der Waals surface area (Å²) in [6.07, 6.45) is -1.26. The number of benzene rings is 1. The van der Waals surface area contributed by atoms with Crippen LogP contribution < -0.4 is 0 Å². The van der Waals surface area contributed by atoms with Gasteiger partial charge in [0.2, 0.25) is 0 Å². The number of carboxylic acid groups (broad SMARTS) is 1. The number of para-hydroxylation sites is 1. The summed E-state index contributed by atoms with van der Waals surface area (Å²) in [7, 11) is 0. The first-order chi connectivity index (χ1) is 7.25. The van der Waals surface area contributed by atoms with Gasteiger partial charge in [0.1, 0.15) is 5.94 Å². The first-order valence-corrected chi connectivity index (χ1v) is 5.90. The molecule has 0 atom stereocenters. The molecule has 1 heterocycles. The molecule has 0 aliphatic heterocycles. The zero-order chi connectivity index (χ0) is 10.7. The quantitative estimate of drug-likeness (QED) is 0.508. The van der Waals surface area contributed by atoms with Crippen LogP contribution >= 0.6 is 23.1 Å². The van der Waals surface area contributed by atoms with E-state index in [0.717, 1.165) is 14.6 Å². The van der Waals surface area contributed by atoms with Gasteiger partial charge in [0.25, 0.3) is 0 Å². The van der Waals surface area contributed by atoms with Crippen LogP contribution in [-0.4, -0.2) is 22.2 Å². The standard InChI is InChI=1S/C9H7NO3S2/c11-9(12)13-5-14-8-10-6-3-1-2-4-7(6)15-8/h1-4H,5H2,(H,11,12). The number of ether oxygens (including phenoxy) is 1. The molecular weight excluding hydrogens is 234 g/mol. The number of thioether (sulfide) groups is 1. The number of hydrogen-bond donors (Lipinski definition) is 1. The zero-order valence-electron chi connectivity index (χ0n) is 7.54. The minimum atomic E-state index is -1.26. The summed E-state index contributed by atoms with van der Waals surface area (Å²) in [6.45, 7) is 0. The van der Waals surface area contributed by atoms with E-state index in [-0.39, 0.29) is 5.94 Å². The summed E-state index contributed by atoms with van der Waals surface area (Å²) in [4.78, 5) is 14.4. The van der Waals surface area contributed by atoms with E-state index < -0.39 is 6.16 Å². The smallest absolute Gasteiger partial charge is 0.450 e. The Morgan fingerprint density at radius 3 is 3.07 bits per heavy atom. The summed E-state index contributed by atoms with van der Waals surface area (Å²) in [6, 6.07) is 7.77. The van der Waals surface area contributed by atoms with Crippen LogP contribution in [0.1, 0.15) is 0 Å². The van der Waals surface area contributed by atoms with Crippen molar-refractivity contribution >= 4 is 39.5 Å². The van der Waals surface area contributed by atoms with E-state index in [9.17, 15) is 4.79 Å². The van der Waals surface area contributed by atoms with Crippen LogP contribution in [0, 0.1) is 0 Å². The van der Waals surface area contributed by atoms with Gasteiger partial charge >= 0.3 is 6.16 Å². The lowest BCUT2D eigenvalue weighted by molar-refractivity contribution is 0.109. The van der Waals surface area contributed by atoms with E-state index in [0.29, 0.717) is 0 Å². The number of aromatic nitrogens is 1. The molecular formula is C9H7NO3S2. The molecule has 15 heavy (non-hydrogen) atoms. The maximum Gasteiger partial charge on any atom is 0.506 e. The van der Waals surface area contributed by atoms with E-state index in [1.807, 2.05) is 24.3 Å². The van der Waals surface area contributed by atoms with Gasteiger partial charge in [-0.1, -0.05) is 23.9 Å². The largest absolute Gasteiger partial charge is 0.506 e. The topological polar surface area (TPSA) is 59.4 Å². The third-order valence-electron chi connectivity index (χ3n) is 1.64. The first-order valence-electron chi connectivity index (χ1n) is 4.10. The van der Waals surface area contributed by atoms with Crippen molar-refractivity contribution in [1.82, 2.24) is 4.98 Å². The van der Waals surface area contributed by atoms with Gasteiger partial charge in [-0.3, -0.25) is 0 Å². The highest BCUT2D eigenvalue weighted by atomic mass is 32.2. The van der Waals surface area contributed by atoms with E-state index >= 15 is 0 Å². The average molecular weight is 241 g/mol. The Morgan fingerprint density at radius 1 is 1.53 bits per heavy atom. The van der Waals surface area contributed by atoms with Gasteiger partial charge in [-0.15, -0.1) is 11.3 Å². The molecule has 1 aromatic heterocycles. The van der Waals surface area contributed by atoms with E-state index in [1.54, 1.807) is 0 Å². The summed E-state index contributed by atoms with van der Waals surface area (Å²) in [5, 5.41) is 8.28. The third-order valence-corrected chi connectivity index (χ3v) is 3.65. The molecule has 0 aliphatic rings. The Kier molecular flexibility index (Phi) is 3.08.